The van der Waals surface area contributed by atoms with Gasteiger partial charge in [-0.15, -0.1) is 0 Å². The number of nitrogens with zero attached hydrogens (tertiary/aromatic N) is 1. The number of carbonyl (C=O) groups is 2. The Morgan fingerprint density at radius 1 is 1.27 bits per heavy atom. The summed E-state index contributed by atoms with van der Waals surface area (Å²) in [5.41, 5.74) is 1.90. The Morgan fingerprint density at radius 3 is 2.32 bits per heavy atom. The topological polar surface area (TPSA) is 70.0 Å². The van der Waals surface area contributed by atoms with Gasteiger partial charge in [-0.25, -0.2) is 0 Å². The summed E-state index contributed by atoms with van der Waals surface area (Å²) in [5, 5.41) is 11.5. The van der Waals surface area contributed by atoms with Gasteiger partial charge in [-0.1, -0.05) is 45.7 Å². The van der Waals surface area contributed by atoms with Crippen LogP contribution in [0.1, 0.15) is 52.5 Å². The van der Waals surface area contributed by atoms with Gasteiger partial charge < -0.3 is 5.32 Å². The first kappa shape index (κ1) is 17.9. The number of hydrogen-bond acceptors (Lipinski definition) is 3. The molecule has 0 radical (unpaired) electrons. The summed E-state index contributed by atoms with van der Waals surface area (Å²) in [6, 6.07) is 9.32. The van der Waals surface area contributed by atoms with E-state index in [0.717, 1.165) is 12.8 Å². The Morgan fingerprint density at radius 2 is 1.86 bits per heavy atom. The number of Topliss-reactive ketones (excluding diaryl/α,β-unsaturated/α-hetero) is 1. The highest BCUT2D eigenvalue weighted by atomic mass is 16.2. The molecule has 1 atom stereocenters. The minimum Gasteiger partial charge on any atom is -0.325 e. The second-order valence-corrected chi connectivity index (χ2v) is 6.23. The van der Waals surface area contributed by atoms with Crippen molar-refractivity contribution >= 4 is 17.4 Å². The second-order valence-electron chi connectivity index (χ2n) is 6.23. The normalized spacial score (nSPS) is 12.3. The molecular weight excluding hydrogens is 276 g/mol. The number of nitriles is 1. The smallest absolute Gasteiger partial charge is 0.249 e. The molecule has 118 valence electrons. The Bertz CT molecular complexity index is 568. The Balaban J connectivity index is 2.79. The molecule has 0 saturated carbocycles. The molecule has 1 rings (SSSR count). The van der Waals surface area contributed by atoms with Crippen LogP contribution in [-0.4, -0.2) is 11.7 Å². The number of unbranched alkanes of at least 4 members (excludes halogenated alkanes) is 1. The largest absolute Gasteiger partial charge is 0.325 e. The molecule has 1 aromatic carbocycles. The average Bonchev–Trinajstić information content (AvgIpc) is 2.46. The standard InChI is InChI=1S/C18H24N2O2/c1-5-6-11-18(3,4)14-7-9-15(10-8-14)20-17(22)16(12-19)13(2)21/h7-10,16H,5-6,11H2,1-4H3,(H,20,22). The number of amides is 1. The molecule has 1 unspecified atom stereocenters. The van der Waals surface area contributed by atoms with Gasteiger partial charge in [-0.2, -0.15) is 5.26 Å². The predicted octanol–water partition coefficient (Wildman–Crippen LogP) is 3.82. The number of ketones is 1. The van der Waals surface area contributed by atoms with Crippen LogP contribution in [0.15, 0.2) is 24.3 Å². The molecule has 0 bridgehead atoms. The van der Waals surface area contributed by atoms with Crippen LogP contribution in [0, 0.1) is 17.2 Å². The lowest BCUT2D eigenvalue weighted by Gasteiger charge is -2.25. The molecule has 0 saturated heterocycles. The quantitative estimate of drug-likeness (QED) is 0.778. The number of carbonyl (C=O) groups excluding carboxylic acids is 2. The van der Waals surface area contributed by atoms with E-state index in [9.17, 15) is 9.59 Å². The van der Waals surface area contributed by atoms with Gasteiger partial charge in [0, 0.05) is 5.69 Å². The van der Waals surface area contributed by atoms with Crippen LogP contribution in [0.3, 0.4) is 0 Å². The Hall–Kier alpha value is -2.15. The number of nitrogens with one attached hydrogen (secondary N) is 1. The molecule has 1 N–H and O–H groups in total. The van der Waals surface area contributed by atoms with Gasteiger partial charge in [0.15, 0.2) is 11.7 Å². The van der Waals surface area contributed by atoms with Crippen molar-refractivity contribution in [3.63, 3.8) is 0 Å². The van der Waals surface area contributed by atoms with Crippen LogP contribution in [0.4, 0.5) is 5.69 Å². The summed E-state index contributed by atoms with van der Waals surface area (Å²) < 4.78 is 0. The molecule has 0 aliphatic rings. The maximum Gasteiger partial charge on any atom is 0.249 e. The van der Waals surface area contributed by atoms with E-state index in [1.807, 2.05) is 24.3 Å². The van der Waals surface area contributed by atoms with Crippen LogP contribution in [0.5, 0.6) is 0 Å². The summed E-state index contributed by atoms with van der Waals surface area (Å²) >= 11 is 0. The van der Waals surface area contributed by atoms with Crippen LogP contribution >= 0.6 is 0 Å². The molecule has 0 heterocycles. The minimum absolute atomic E-state index is 0.0904. The van der Waals surface area contributed by atoms with Crippen LogP contribution in [0.25, 0.3) is 0 Å². The van der Waals surface area contributed by atoms with Gasteiger partial charge in [-0.05, 0) is 36.5 Å². The minimum atomic E-state index is -1.25. The number of hydrogen-bond donors (Lipinski definition) is 1. The molecule has 0 aliphatic heterocycles. The highest BCUT2D eigenvalue weighted by molar-refractivity contribution is 6.08. The zero-order valence-corrected chi connectivity index (χ0v) is 13.8. The zero-order valence-electron chi connectivity index (χ0n) is 13.8. The van der Waals surface area contributed by atoms with E-state index in [1.54, 1.807) is 6.07 Å². The summed E-state index contributed by atoms with van der Waals surface area (Å²) in [6.45, 7) is 7.83. The predicted molar refractivity (Wildman–Crippen MR) is 87.4 cm³/mol. The number of rotatable bonds is 7. The lowest BCUT2D eigenvalue weighted by Crippen LogP contribution is -2.27. The molecule has 4 nitrogen and oxygen atoms in total. The number of anilines is 1. The van der Waals surface area contributed by atoms with E-state index in [1.165, 1.54) is 18.9 Å². The summed E-state index contributed by atoms with van der Waals surface area (Å²) in [5.74, 6) is -2.27. The maximum atomic E-state index is 11.9. The lowest BCUT2D eigenvalue weighted by atomic mass is 9.80. The van der Waals surface area contributed by atoms with Crippen molar-refractivity contribution in [2.45, 2.75) is 52.4 Å². The van der Waals surface area contributed by atoms with Crippen molar-refractivity contribution in [3.05, 3.63) is 29.8 Å². The SMILES string of the molecule is CCCCC(C)(C)c1ccc(NC(=O)C(C#N)C(C)=O)cc1. The van der Waals surface area contributed by atoms with E-state index >= 15 is 0 Å². The van der Waals surface area contributed by atoms with E-state index in [-0.39, 0.29) is 5.41 Å². The van der Waals surface area contributed by atoms with Gasteiger partial charge in [-0.3, -0.25) is 9.59 Å². The fourth-order valence-corrected chi connectivity index (χ4v) is 2.32. The summed E-state index contributed by atoms with van der Waals surface area (Å²) in [7, 11) is 0. The molecule has 1 aromatic rings. The Kier molecular flexibility index (Phi) is 6.30. The van der Waals surface area contributed by atoms with Gasteiger partial charge in [0.2, 0.25) is 5.91 Å². The average molecular weight is 300 g/mol. The highest BCUT2D eigenvalue weighted by Gasteiger charge is 2.23. The van der Waals surface area contributed by atoms with E-state index in [2.05, 4.69) is 26.1 Å². The molecule has 1 amide bonds. The first-order valence-electron chi connectivity index (χ1n) is 7.63. The maximum absolute atomic E-state index is 11.9. The third kappa shape index (κ3) is 4.70. The third-order valence-corrected chi connectivity index (χ3v) is 3.89. The summed E-state index contributed by atoms with van der Waals surface area (Å²) in [6.07, 6.45) is 3.45. The van der Waals surface area contributed by atoms with Crippen LogP contribution in [0.2, 0.25) is 0 Å². The molecular formula is C18H24N2O2. The van der Waals surface area contributed by atoms with E-state index < -0.39 is 17.6 Å². The van der Waals surface area contributed by atoms with Crippen LogP contribution in [-0.2, 0) is 15.0 Å². The van der Waals surface area contributed by atoms with Crippen molar-refractivity contribution in [1.29, 1.82) is 5.26 Å². The lowest BCUT2D eigenvalue weighted by molar-refractivity contribution is -0.127. The molecule has 4 heteroatoms. The summed E-state index contributed by atoms with van der Waals surface area (Å²) in [4.78, 5) is 23.1. The fraction of sp³-hybridized carbons (Fsp3) is 0.500. The van der Waals surface area contributed by atoms with Crippen molar-refractivity contribution in [2.24, 2.45) is 5.92 Å². The molecule has 0 fully saturated rings. The molecule has 22 heavy (non-hydrogen) atoms. The second kappa shape index (κ2) is 7.74. The van der Waals surface area contributed by atoms with Gasteiger partial charge in [0.1, 0.15) is 0 Å². The van der Waals surface area contributed by atoms with E-state index in [0.29, 0.717) is 5.69 Å². The zero-order chi connectivity index (χ0) is 16.8. The van der Waals surface area contributed by atoms with Gasteiger partial charge >= 0.3 is 0 Å². The van der Waals surface area contributed by atoms with Gasteiger partial charge in [0.25, 0.3) is 0 Å². The molecule has 0 aliphatic carbocycles. The number of benzene rings is 1. The van der Waals surface area contributed by atoms with Crippen molar-refractivity contribution in [3.8, 4) is 6.07 Å². The van der Waals surface area contributed by atoms with Crippen molar-refractivity contribution < 1.29 is 9.59 Å². The molecule has 0 spiro atoms. The fourth-order valence-electron chi connectivity index (χ4n) is 2.32. The monoisotopic (exact) mass is 300 g/mol. The van der Waals surface area contributed by atoms with Gasteiger partial charge in [0.05, 0.1) is 6.07 Å². The van der Waals surface area contributed by atoms with E-state index in [4.69, 9.17) is 5.26 Å². The first-order chi connectivity index (χ1) is 10.3. The van der Waals surface area contributed by atoms with Crippen molar-refractivity contribution in [1.82, 2.24) is 0 Å². The third-order valence-electron chi connectivity index (χ3n) is 3.89. The Labute approximate surface area is 132 Å². The molecule has 0 aromatic heterocycles. The van der Waals surface area contributed by atoms with Crippen molar-refractivity contribution in [2.75, 3.05) is 5.32 Å². The highest BCUT2D eigenvalue weighted by Crippen LogP contribution is 2.29. The van der Waals surface area contributed by atoms with Crippen LogP contribution < -0.4 is 5.32 Å². The first-order valence-corrected chi connectivity index (χ1v) is 7.63.